The van der Waals surface area contributed by atoms with Crippen LogP contribution in [0.1, 0.15) is 168 Å². The molecule has 0 heterocycles. The quantitative estimate of drug-likeness (QED) is 0.0230. The number of carboxylic acids is 1. The van der Waals surface area contributed by atoms with E-state index < -0.39 is 57.7 Å². The van der Waals surface area contributed by atoms with Gasteiger partial charge in [-0.05, 0) is 89.9 Å². The van der Waals surface area contributed by atoms with Crippen LogP contribution in [0.5, 0.6) is 0 Å². The molecule has 0 saturated carbocycles. The van der Waals surface area contributed by atoms with E-state index in [1.807, 2.05) is 6.08 Å². The monoisotopic (exact) mass is 888 g/mol. The normalized spacial score (nSPS) is 14.5. The highest BCUT2D eigenvalue weighted by Gasteiger charge is 2.28. The predicted molar refractivity (Wildman–Crippen MR) is 253 cm³/mol. The average Bonchev–Trinajstić information content (AvgIpc) is 3.25. The average molecular weight is 888 g/mol. The van der Waals surface area contributed by atoms with E-state index in [-0.39, 0.29) is 12.8 Å². The lowest BCUT2D eigenvalue weighted by Gasteiger charge is -2.20. The third-order valence-electron chi connectivity index (χ3n) is 9.29. The Morgan fingerprint density at radius 3 is 1.39 bits per heavy atom. The van der Waals surface area contributed by atoms with Gasteiger partial charge in [-0.2, -0.15) is 0 Å². The number of unbranched alkanes of at least 4 members (excludes halogenated alkanes) is 12. The predicted octanol–water partition coefficient (Wildman–Crippen LogP) is 12.8. The molecule has 0 aliphatic heterocycles. The van der Waals surface area contributed by atoms with Gasteiger partial charge < -0.3 is 25.2 Å². The molecule has 0 radical (unpaired) electrons. The van der Waals surface area contributed by atoms with Crippen LogP contribution in [-0.2, 0) is 37.5 Å². The third kappa shape index (κ3) is 43.1. The molecule has 0 aromatic rings. The van der Waals surface area contributed by atoms with Crippen LogP contribution in [-0.4, -0.2) is 59.9 Å². The Hall–Kier alpha value is -3.60. The highest BCUT2D eigenvalue weighted by Crippen LogP contribution is 2.43. The molecule has 0 aromatic heterocycles. The number of carbonyl (C=O) groups excluding carboxylic acids is 2. The van der Waals surface area contributed by atoms with Crippen LogP contribution in [0.3, 0.4) is 0 Å². The summed E-state index contributed by atoms with van der Waals surface area (Å²) in [4.78, 5) is 46.0. The second kappa shape index (κ2) is 44.0. The van der Waals surface area contributed by atoms with Gasteiger partial charge in [-0.15, -0.1) is 0 Å². The number of esters is 2. The zero-order chi connectivity index (χ0) is 45.6. The van der Waals surface area contributed by atoms with E-state index in [0.717, 1.165) is 64.2 Å². The number of phosphoric acid groups is 1. The number of aliphatic carboxylic acids is 1. The van der Waals surface area contributed by atoms with Gasteiger partial charge in [0.1, 0.15) is 12.6 Å². The Morgan fingerprint density at radius 1 is 0.500 bits per heavy atom. The maximum absolute atomic E-state index is 12.6. The number of ether oxygens (including phenoxy) is 2. The highest BCUT2D eigenvalue weighted by atomic mass is 31.2. The smallest absolute Gasteiger partial charge is 0.472 e. The number of nitrogens with two attached hydrogens (primary N) is 1. The van der Waals surface area contributed by atoms with Crippen LogP contribution in [0.15, 0.2) is 97.2 Å². The Kier molecular flexibility index (Phi) is 41.5. The molecule has 0 aliphatic rings. The number of carboxylic acid groups (broad SMARTS) is 1. The standard InChI is InChI=1S/C50H82NO10P/c1-3-5-7-9-11-13-15-17-19-21-22-23-24-26-27-29-31-33-35-37-39-41-48(52)58-43-46(44-59-62(56,57)60-45-47(51)50(54)55)61-49(53)42-40-38-36-34-32-30-28-25-20-18-16-14-12-10-8-6-4-2/h8,10,14,16,19-21,23-25,27,29-30,32-33,35,46-47H,3-7,9,11-13,15,17-18,22,26,28,31,34,36-45,51H2,1-2H3,(H,54,55)(H,56,57)/b10-8+,16-14+,21-19+,24-23+,25-20+,29-27+,32-30+,35-33+/t46-,47+/m1/s1. The molecule has 0 fully saturated rings. The second-order valence-electron chi connectivity index (χ2n) is 15.2. The maximum Gasteiger partial charge on any atom is 0.472 e. The van der Waals surface area contributed by atoms with Crippen LogP contribution in [0, 0.1) is 0 Å². The van der Waals surface area contributed by atoms with Crippen LogP contribution in [0.2, 0.25) is 0 Å². The Morgan fingerprint density at radius 2 is 0.903 bits per heavy atom. The summed E-state index contributed by atoms with van der Waals surface area (Å²) < 4.78 is 32.7. The number of hydrogen-bond acceptors (Lipinski definition) is 9. The molecule has 0 aromatic carbocycles. The van der Waals surface area contributed by atoms with E-state index in [0.29, 0.717) is 19.3 Å². The minimum atomic E-state index is -4.75. The van der Waals surface area contributed by atoms with Gasteiger partial charge in [0.25, 0.3) is 0 Å². The molecule has 0 saturated heterocycles. The Labute approximate surface area is 375 Å². The SMILES string of the molecule is CCC/C=C/C/C=C/C/C=C/C/C=C/CCCCCC(=O)O[C@H](COC(=O)CCC/C=C/C/C=C/C/C=C/C/C=C/CCCCCCCCC)COP(=O)(O)OC[C@H](N)C(=O)O. The van der Waals surface area contributed by atoms with E-state index in [9.17, 15) is 23.8 Å². The van der Waals surface area contributed by atoms with Crippen molar-refractivity contribution in [1.82, 2.24) is 0 Å². The van der Waals surface area contributed by atoms with Gasteiger partial charge in [0, 0.05) is 12.8 Å². The Bertz CT molecular complexity index is 1410. The number of phosphoric ester groups is 1. The van der Waals surface area contributed by atoms with Crippen molar-refractivity contribution in [2.45, 2.75) is 180 Å². The topological polar surface area (TPSA) is 172 Å². The van der Waals surface area contributed by atoms with Crippen LogP contribution in [0.25, 0.3) is 0 Å². The number of carbonyl (C=O) groups is 3. The molecule has 12 heteroatoms. The lowest BCUT2D eigenvalue weighted by molar-refractivity contribution is -0.161. The first-order valence-electron chi connectivity index (χ1n) is 23.3. The van der Waals surface area contributed by atoms with Crippen molar-refractivity contribution in [1.29, 1.82) is 0 Å². The summed E-state index contributed by atoms with van der Waals surface area (Å²) >= 11 is 0. The zero-order valence-corrected chi connectivity index (χ0v) is 39.1. The summed E-state index contributed by atoms with van der Waals surface area (Å²) in [6, 6.07) is -1.54. The summed E-state index contributed by atoms with van der Waals surface area (Å²) in [6.07, 6.45) is 56.2. The highest BCUT2D eigenvalue weighted by molar-refractivity contribution is 7.47. The first-order valence-corrected chi connectivity index (χ1v) is 24.8. The van der Waals surface area contributed by atoms with Gasteiger partial charge in [0.2, 0.25) is 0 Å². The second-order valence-corrected chi connectivity index (χ2v) is 16.6. The molecule has 1 unspecified atom stereocenters. The minimum Gasteiger partial charge on any atom is -0.480 e. The van der Waals surface area contributed by atoms with E-state index in [1.165, 1.54) is 57.8 Å². The van der Waals surface area contributed by atoms with Gasteiger partial charge >= 0.3 is 25.7 Å². The lowest BCUT2D eigenvalue weighted by atomic mass is 10.1. The number of rotatable bonds is 42. The Balaban J connectivity index is 4.49. The summed E-state index contributed by atoms with van der Waals surface area (Å²) in [7, 11) is -4.75. The van der Waals surface area contributed by atoms with Crippen molar-refractivity contribution < 1.29 is 47.5 Å². The van der Waals surface area contributed by atoms with Gasteiger partial charge in [0.15, 0.2) is 6.10 Å². The summed E-state index contributed by atoms with van der Waals surface area (Å²) in [6.45, 7) is 2.63. The van der Waals surface area contributed by atoms with Crippen molar-refractivity contribution in [3.63, 3.8) is 0 Å². The lowest BCUT2D eigenvalue weighted by Crippen LogP contribution is -2.34. The molecule has 0 bridgehead atoms. The van der Waals surface area contributed by atoms with Crippen LogP contribution in [0.4, 0.5) is 0 Å². The van der Waals surface area contributed by atoms with Gasteiger partial charge in [-0.25, -0.2) is 4.57 Å². The molecule has 3 atom stereocenters. The van der Waals surface area contributed by atoms with Crippen molar-refractivity contribution in [2.75, 3.05) is 19.8 Å². The van der Waals surface area contributed by atoms with Gasteiger partial charge in [0.05, 0.1) is 13.2 Å². The molecular weight excluding hydrogens is 806 g/mol. The van der Waals surface area contributed by atoms with Crippen molar-refractivity contribution >= 4 is 25.7 Å². The van der Waals surface area contributed by atoms with Crippen molar-refractivity contribution in [2.24, 2.45) is 5.73 Å². The summed E-state index contributed by atoms with van der Waals surface area (Å²) in [5.74, 6) is -2.50. The van der Waals surface area contributed by atoms with E-state index in [4.69, 9.17) is 24.8 Å². The summed E-state index contributed by atoms with van der Waals surface area (Å²) in [5.41, 5.74) is 5.33. The van der Waals surface area contributed by atoms with E-state index in [2.05, 4.69) is 110 Å². The van der Waals surface area contributed by atoms with E-state index >= 15 is 0 Å². The molecule has 0 amide bonds. The van der Waals surface area contributed by atoms with Crippen LogP contribution < -0.4 is 5.73 Å². The molecule has 62 heavy (non-hydrogen) atoms. The molecule has 4 N–H and O–H groups in total. The molecule has 0 rings (SSSR count). The summed E-state index contributed by atoms with van der Waals surface area (Å²) in [5, 5.41) is 8.90. The molecule has 0 spiro atoms. The van der Waals surface area contributed by atoms with E-state index in [1.54, 1.807) is 0 Å². The third-order valence-corrected chi connectivity index (χ3v) is 10.2. The fourth-order valence-electron chi connectivity index (χ4n) is 5.64. The first kappa shape index (κ1) is 58.4. The molecule has 0 aliphatic carbocycles. The zero-order valence-electron chi connectivity index (χ0n) is 38.2. The molecular formula is C50H82NO10P. The van der Waals surface area contributed by atoms with Gasteiger partial charge in [-0.1, -0.05) is 162 Å². The molecule has 11 nitrogen and oxygen atoms in total. The first-order chi connectivity index (χ1) is 30.1. The van der Waals surface area contributed by atoms with Gasteiger partial charge in [-0.3, -0.25) is 23.4 Å². The largest absolute Gasteiger partial charge is 0.480 e. The van der Waals surface area contributed by atoms with Crippen molar-refractivity contribution in [3.05, 3.63) is 97.2 Å². The number of hydrogen-bond donors (Lipinski definition) is 3. The fourth-order valence-corrected chi connectivity index (χ4v) is 6.41. The van der Waals surface area contributed by atoms with Crippen LogP contribution >= 0.6 is 7.82 Å². The number of allylic oxidation sites excluding steroid dienone is 16. The maximum atomic E-state index is 12.6. The minimum absolute atomic E-state index is 0.106. The molecule has 352 valence electrons. The fraction of sp³-hybridized carbons (Fsp3) is 0.620. The van der Waals surface area contributed by atoms with Crippen molar-refractivity contribution in [3.8, 4) is 0 Å².